The van der Waals surface area contributed by atoms with Crippen LogP contribution in [-0.2, 0) is 9.53 Å². The molecule has 2 fully saturated rings. The summed E-state index contributed by atoms with van der Waals surface area (Å²) >= 11 is 0. The van der Waals surface area contributed by atoms with Gasteiger partial charge in [-0.3, -0.25) is 4.79 Å². The Morgan fingerprint density at radius 3 is 2.61 bits per heavy atom. The quantitative estimate of drug-likeness (QED) is 0.502. The van der Waals surface area contributed by atoms with Gasteiger partial charge in [0.05, 0.1) is 19.1 Å². The fourth-order valence-corrected chi connectivity index (χ4v) is 2.73. The van der Waals surface area contributed by atoms with Crippen molar-refractivity contribution in [2.45, 2.75) is 44.9 Å². The van der Waals surface area contributed by atoms with Crippen LogP contribution in [0.5, 0.6) is 5.75 Å². The van der Waals surface area contributed by atoms with Crippen molar-refractivity contribution in [1.29, 1.82) is 0 Å². The molecule has 0 radical (unpaired) electrons. The van der Waals surface area contributed by atoms with E-state index in [-0.39, 0.29) is 11.9 Å². The second kappa shape index (κ2) is 7.11. The number of carbonyl (C=O) groups excluding carboxylic acids is 1. The van der Waals surface area contributed by atoms with Crippen molar-refractivity contribution in [2.75, 3.05) is 13.2 Å². The molecule has 3 rings (SSSR count). The van der Waals surface area contributed by atoms with E-state index in [0.29, 0.717) is 36.5 Å². The van der Waals surface area contributed by atoms with Crippen molar-refractivity contribution in [3.63, 3.8) is 0 Å². The normalized spacial score (nSPS) is 18.3. The molecule has 0 aromatic heterocycles. The van der Waals surface area contributed by atoms with E-state index >= 15 is 0 Å². The van der Waals surface area contributed by atoms with Crippen molar-refractivity contribution in [3.8, 4) is 5.75 Å². The number of ether oxygens (including phenoxy) is 2. The highest BCUT2D eigenvalue weighted by atomic mass is 16.5. The number of rotatable bonds is 9. The van der Waals surface area contributed by atoms with Crippen LogP contribution in [0.25, 0.3) is 0 Å². The van der Waals surface area contributed by atoms with Gasteiger partial charge in [-0.05, 0) is 60.9 Å². The van der Waals surface area contributed by atoms with E-state index in [2.05, 4.69) is 5.18 Å². The van der Waals surface area contributed by atoms with Gasteiger partial charge in [0.2, 0.25) is 0 Å². The highest BCUT2D eigenvalue weighted by Gasteiger charge is 2.32. The molecular formula is C18H23NO4. The lowest BCUT2D eigenvalue weighted by Crippen LogP contribution is -2.17. The third kappa shape index (κ3) is 4.30. The molecule has 0 saturated heterocycles. The van der Waals surface area contributed by atoms with Gasteiger partial charge in [-0.1, -0.05) is 18.9 Å². The molecule has 5 nitrogen and oxygen atoms in total. The first-order valence-corrected chi connectivity index (χ1v) is 8.48. The topological polar surface area (TPSA) is 65.0 Å². The third-order valence-corrected chi connectivity index (χ3v) is 4.49. The van der Waals surface area contributed by atoms with Crippen LogP contribution in [0.1, 0.15) is 50.5 Å². The van der Waals surface area contributed by atoms with Crippen LogP contribution in [0.3, 0.4) is 0 Å². The molecular weight excluding hydrogens is 294 g/mol. The maximum absolute atomic E-state index is 12.3. The Morgan fingerprint density at radius 2 is 2.00 bits per heavy atom. The predicted molar refractivity (Wildman–Crippen MR) is 86.8 cm³/mol. The Balaban J connectivity index is 1.80. The summed E-state index contributed by atoms with van der Waals surface area (Å²) in [6.07, 6.45) is 5.51. The molecule has 1 aromatic carbocycles. The fourth-order valence-electron chi connectivity index (χ4n) is 2.73. The summed E-state index contributed by atoms with van der Waals surface area (Å²) in [6, 6.07) is 5.23. The Labute approximate surface area is 136 Å². The van der Waals surface area contributed by atoms with E-state index in [1.165, 1.54) is 25.7 Å². The van der Waals surface area contributed by atoms with Gasteiger partial charge in [-0.2, -0.15) is 0 Å². The molecule has 0 heterocycles. The first kappa shape index (κ1) is 16.0. The molecule has 0 amide bonds. The van der Waals surface area contributed by atoms with Crippen LogP contribution in [0.2, 0.25) is 0 Å². The Morgan fingerprint density at radius 1 is 1.26 bits per heavy atom. The molecule has 23 heavy (non-hydrogen) atoms. The Hall–Kier alpha value is -1.91. The van der Waals surface area contributed by atoms with E-state index in [0.717, 1.165) is 12.0 Å². The van der Waals surface area contributed by atoms with Crippen molar-refractivity contribution in [1.82, 2.24) is 0 Å². The number of esters is 1. The molecule has 2 aliphatic carbocycles. The SMILES string of the molecule is CCOC(=O)C(CC1CC1)c1ccc(N=O)c(OCC2CC2)c1. The van der Waals surface area contributed by atoms with Gasteiger partial charge in [-0.15, -0.1) is 4.91 Å². The van der Waals surface area contributed by atoms with E-state index in [9.17, 15) is 9.70 Å². The lowest BCUT2D eigenvalue weighted by Gasteiger charge is -2.17. The molecule has 5 heteroatoms. The summed E-state index contributed by atoms with van der Waals surface area (Å²) in [4.78, 5) is 23.3. The maximum atomic E-state index is 12.3. The Bertz CT molecular complexity index is 578. The molecule has 0 bridgehead atoms. The van der Waals surface area contributed by atoms with Crippen LogP contribution in [0.15, 0.2) is 23.4 Å². The van der Waals surface area contributed by atoms with Crippen LogP contribution in [0.4, 0.5) is 5.69 Å². The summed E-state index contributed by atoms with van der Waals surface area (Å²) in [5.74, 6) is 1.19. The first-order chi connectivity index (χ1) is 11.2. The molecule has 124 valence electrons. The minimum atomic E-state index is -0.286. The number of benzene rings is 1. The standard InChI is InChI=1S/C18H23NO4/c1-2-22-18(20)15(9-12-3-4-12)14-7-8-16(19-21)17(10-14)23-11-13-5-6-13/h7-8,10,12-13,15H,2-6,9,11H2,1H3. The van der Waals surface area contributed by atoms with Gasteiger partial charge in [0.15, 0.2) is 0 Å². The van der Waals surface area contributed by atoms with Gasteiger partial charge in [-0.25, -0.2) is 0 Å². The zero-order valence-corrected chi connectivity index (χ0v) is 13.5. The molecule has 0 aliphatic heterocycles. The minimum Gasteiger partial charge on any atom is -0.491 e. The molecule has 1 unspecified atom stereocenters. The summed E-state index contributed by atoms with van der Waals surface area (Å²) in [5.41, 5.74) is 1.15. The number of hydrogen-bond acceptors (Lipinski definition) is 5. The Kier molecular flexibility index (Phi) is 4.94. The molecule has 1 atom stereocenters. The van der Waals surface area contributed by atoms with Crippen molar-refractivity contribution < 1.29 is 14.3 Å². The first-order valence-electron chi connectivity index (χ1n) is 8.48. The largest absolute Gasteiger partial charge is 0.491 e. The zero-order chi connectivity index (χ0) is 16.2. The van der Waals surface area contributed by atoms with Crippen molar-refractivity contribution >= 4 is 11.7 Å². The monoisotopic (exact) mass is 317 g/mol. The molecule has 1 aromatic rings. The van der Waals surface area contributed by atoms with Crippen LogP contribution in [0, 0.1) is 16.7 Å². The highest BCUT2D eigenvalue weighted by molar-refractivity contribution is 5.78. The van der Waals surface area contributed by atoms with Crippen LogP contribution < -0.4 is 4.74 Å². The summed E-state index contributed by atoms with van der Waals surface area (Å²) in [6.45, 7) is 2.80. The van der Waals surface area contributed by atoms with E-state index in [1.807, 2.05) is 6.92 Å². The van der Waals surface area contributed by atoms with Crippen LogP contribution >= 0.6 is 0 Å². The maximum Gasteiger partial charge on any atom is 0.313 e. The number of hydrogen-bond donors (Lipinski definition) is 0. The average Bonchev–Trinajstić information content (AvgIpc) is 3.46. The van der Waals surface area contributed by atoms with Crippen LogP contribution in [-0.4, -0.2) is 19.2 Å². The van der Waals surface area contributed by atoms with E-state index in [1.54, 1.807) is 18.2 Å². The van der Waals surface area contributed by atoms with Crippen molar-refractivity contribution in [2.24, 2.45) is 17.0 Å². The zero-order valence-electron chi connectivity index (χ0n) is 13.5. The molecule has 0 N–H and O–H groups in total. The third-order valence-electron chi connectivity index (χ3n) is 4.49. The summed E-state index contributed by atoms with van der Waals surface area (Å²) in [5, 5.41) is 3.03. The number of nitrogens with zero attached hydrogens (tertiary/aromatic N) is 1. The van der Waals surface area contributed by atoms with Gasteiger partial charge in [0.1, 0.15) is 11.4 Å². The molecule has 0 spiro atoms. The second-order valence-corrected chi connectivity index (χ2v) is 6.56. The second-order valence-electron chi connectivity index (χ2n) is 6.56. The van der Waals surface area contributed by atoms with E-state index < -0.39 is 0 Å². The number of nitroso groups, excluding NO2 is 1. The lowest BCUT2D eigenvalue weighted by atomic mass is 9.93. The fraction of sp³-hybridized carbons (Fsp3) is 0.611. The smallest absolute Gasteiger partial charge is 0.313 e. The average molecular weight is 317 g/mol. The minimum absolute atomic E-state index is 0.195. The van der Waals surface area contributed by atoms with Gasteiger partial charge in [0.25, 0.3) is 0 Å². The van der Waals surface area contributed by atoms with E-state index in [4.69, 9.17) is 9.47 Å². The van der Waals surface area contributed by atoms with Gasteiger partial charge >= 0.3 is 5.97 Å². The summed E-state index contributed by atoms with van der Waals surface area (Å²) < 4.78 is 11.0. The lowest BCUT2D eigenvalue weighted by molar-refractivity contribution is -0.145. The molecule has 2 saturated carbocycles. The molecule has 2 aliphatic rings. The number of carbonyl (C=O) groups is 1. The summed E-state index contributed by atoms with van der Waals surface area (Å²) in [7, 11) is 0. The van der Waals surface area contributed by atoms with Gasteiger partial charge < -0.3 is 9.47 Å². The van der Waals surface area contributed by atoms with Crippen molar-refractivity contribution in [3.05, 3.63) is 28.7 Å². The highest BCUT2D eigenvalue weighted by Crippen LogP contribution is 2.41. The predicted octanol–water partition coefficient (Wildman–Crippen LogP) is 4.32. The van der Waals surface area contributed by atoms with Gasteiger partial charge in [0, 0.05) is 0 Å².